The summed E-state index contributed by atoms with van der Waals surface area (Å²) in [7, 11) is 4.18. The second kappa shape index (κ2) is 5.93. The van der Waals surface area contributed by atoms with Crippen LogP contribution in [0.1, 0.15) is 12.2 Å². The Labute approximate surface area is 108 Å². The van der Waals surface area contributed by atoms with Gasteiger partial charge in [0.15, 0.2) is 5.65 Å². The average Bonchev–Trinajstić information content (AvgIpc) is 2.68. The molecule has 2 aromatic heterocycles. The van der Waals surface area contributed by atoms with Crippen molar-refractivity contribution in [2.45, 2.75) is 19.4 Å². The topological polar surface area (TPSA) is 60.0 Å². The molecule has 0 amide bonds. The Morgan fingerprint density at radius 2 is 2.22 bits per heavy atom. The molecule has 0 aliphatic rings. The number of nitrogens with two attached hydrogens (primary N) is 1. The zero-order valence-electron chi connectivity index (χ0n) is 11.1. The smallest absolute Gasteiger partial charge is 0.159 e. The fourth-order valence-corrected chi connectivity index (χ4v) is 2.11. The van der Waals surface area contributed by atoms with E-state index >= 15 is 0 Å². The van der Waals surface area contributed by atoms with E-state index in [1.807, 2.05) is 18.3 Å². The van der Waals surface area contributed by atoms with Crippen LogP contribution in [0.4, 0.5) is 0 Å². The number of imidazole rings is 1. The largest absolute Gasteiger partial charge is 0.330 e. The van der Waals surface area contributed by atoms with E-state index in [2.05, 4.69) is 33.5 Å². The molecular weight excluding hydrogens is 226 g/mol. The minimum absolute atomic E-state index is 0.622. The highest BCUT2D eigenvalue weighted by molar-refractivity contribution is 5.71. The van der Waals surface area contributed by atoms with Gasteiger partial charge in [-0.15, -0.1) is 0 Å². The first kappa shape index (κ1) is 13.0. The standard InChI is InChI=1S/C13H21N5/c1-17(2)9-4-10-18-12(6-7-14)16-11-5-3-8-15-13(11)18/h3,5,8H,4,6-7,9-10,14H2,1-2H3. The van der Waals surface area contributed by atoms with Gasteiger partial charge in [0.2, 0.25) is 0 Å². The molecule has 0 bridgehead atoms. The fraction of sp³-hybridized carbons (Fsp3) is 0.538. The van der Waals surface area contributed by atoms with E-state index in [9.17, 15) is 0 Å². The second-order valence-corrected chi connectivity index (χ2v) is 4.72. The van der Waals surface area contributed by atoms with Gasteiger partial charge in [-0.1, -0.05) is 0 Å². The molecule has 18 heavy (non-hydrogen) atoms. The third-order valence-corrected chi connectivity index (χ3v) is 2.94. The Morgan fingerprint density at radius 3 is 2.94 bits per heavy atom. The highest BCUT2D eigenvalue weighted by Gasteiger charge is 2.10. The number of pyridine rings is 1. The van der Waals surface area contributed by atoms with Gasteiger partial charge in [0, 0.05) is 19.2 Å². The molecule has 0 aliphatic carbocycles. The van der Waals surface area contributed by atoms with Crippen LogP contribution >= 0.6 is 0 Å². The van der Waals surface area contributed by atoms with Crippen molar-refractivity contribution in [1.82, 2.24) is 19.4 Å². The summed E-state index contributed by atoms with van der Waals surface area (Å²) >= 11 is 0. The number of fused-ring (bicyclic) bond motifs is 1. The van der Waals surface area contributed by atoms with Gasteiger partial charge in [-0.25, -0.2) is 9.97 Å². The summed E-state index contributed by atoms with van der Waals surface area (Å²) in [5.74, 6) is 1.05. The normalized spacial score (nSPS) is 11.6. The Bertz CT molecular complexity index is 503. The van der Waals surface area contributed by atoms with E-state index < -0.39 is 0 Å². The Hall–Kier alpha value is -1.46. The summed E-state index contributed by atoms with van der Waals surface area (Å²) < 4.78 is 2.20. The first-order chi connectivity index (χ1) is 8.72. The van der Waals surface area contributed by atoms with Crippen molar-refractivity contribution >= 4 is 11.2 Å². The molecule has 0 spiro atoms. The molecule has 0 saturated heterocycles. The van der Waals surface area contributed by atoms with Gasteiger partial charge in [0.25, 0.3) is 0 Å². The van der Waals surface area contributed by atoms with Crippen molar-refractivity contribution in [1.29, 1.82) is 0 Å². The molecule has 5 heteroatoms. The van der Waals surface area contributed by atoms with E-state index in [-0.39, 0.29) is 0 Å². The van der Waals surface area contributed by atoms with E-state index in [1.165, 1.54) is 0 Å². The van der Waals surface area contributed by atoms with Crippen molar-refractivity contribution in [3.05, 3.63) is 24.2 Å². The lowest BCUT2D eigenvalue weighted by atomic mass is 10.3. The first-order valence-electron chi connectivity index (χ1n) is 6.37. The van der Waals surface area contributed by atoms with Crippen LogP contribution in [0.3, 0.4) is 0 Å². The quantitative estimate of drug-likeness (QED) is 0.823. The third-order valence-electron chi connectivity index (χ3n) is 2.94. The highest BCUT2D eigenvalue weighted by Crippen LogP contribution is 2.14. The van der Waals surface area contributed by atoms with Gasteiger partial charge < -0.3 is 15.2 Å². The van der Waals surface area contributed by atoms with Crippen molar-refractivity contribution < 1.29 is 0 Å². The van der Waals surface area contributed by atoms with Gasteiger partial charge in [-0.2, -0.15) is 0 Å². The third kappa shape index (κ3) is 2.86. The zero-order valence-corrected chi connectivity index (χ0v) is 11.1. The highest BCUT2D eigenvalue weighted by atomic mass is 15.1. The summed E-state index contributed by atoms with van der Waals surface area (Å²) in [6, 6.07) is 3.93. The van der Waals surface area contributed by atoms with Crippen LogP contribution in [0.5, 0.6) is 0 Å². The Balaban J connectivity index is 2.24. The molecule has 0 aromatic carbocycles. The lowest BCUT2D eigenvalue weighted by Crippen LogP contribution is -2.17. The molecule has 0 atom stereocenters. The molecule has 98 valence electrons. The summed E-state index contributed by atoms with van der Waals surface area (Å²) in [4.78, 5) is 11.2. The van der Waals surface area contributed by atoms with Crippen molar-refractivity contribution in [3.63, 3.8) is 0 Å². The van der Waals surface area contributed by atoms with E-state index in [1.54, 1.807) is 0 Å². The molecule has 0 saturated carbocycles. The Kier molecular flexibility index (Phi) is 4.28. The van der Waals surface area contributed by atoms with Crippen molar-refractivity contribution in [2.24, 2.45) is 5.73 Å². The van der Waals surface area contributed by atoms with E-state index in [4.69, 9.17) is 5.73 Å². The monoisotopic (exact) mass is 247 g/mol. The molecular formula is C13H21N5. The van der Waals surface area contributed by atoms with Gasteiger partial charge in [0.1, 0.15) is 11.3 Å². The molecule has 0 unspecified atom stereocenters. The molecule has 5 nitrogen and oxygen atoms in total. The van der Waals surface area contributed by atoms with Crippen LogP contribution in [0, 0.1) is 0 Å². The molecule has 2 aromatic rings. The number of nitrogens with zero attached hydrogens (tertiary/aromatic N) is 4. The molecule has 0 radical (unpaired) electrons. The Morgan fingerprint density at radius 1 is 1.39 bits per heavy atom. The summed E-state index contributed by atoms with van der Waals surface area (Å²) in [5, 5.41) is 0. The number of aryl methyl sites for hydroxylation is 1. The zero-order chi connectivity index (χ0) is 13.0. The average molecular weight is 247 g/mol. The lowest BCUT2D eigenvalue weighted by molar-refractivity contribution is 0.386. The van der Waals surface area contributed by atoms with Crippen LogP contribution < -0.4 is 5.73 Å². The molecule has 0 fully saturated rings. The molecule has 2 heterocycles. The number of hydrogen-bond acceptors (Lipinski definition) is 4. The molecule has 2 rings (SSSR count). The predicted molar refractivity (Wildman–Crippen MR) is 73.5 cm³/mol. The van der Waals surface area contributed by atoms with Gasteiger partial charge in [-0.05, 0) is 45.7 Å². The number of hydrogen-bond donors (Lipinski definition) is 1. The molecule has 0 aliphatic heterocycles. The summed E-state index contributed by atoms with van der Waals surface area (Å²) in [6.45, 7) is 2.63. The minimum atomic E-state index is 0.622. The maximum Gasteiger partial charge on any atom is 0.159 e. The van der Waals surface area contributed by atoms with Crippen LogP contribution in [0.25, 0.3) is 11.2 Å². The van der Waals surface area contributed by atoms with Crippen LogP contribution in [0.2, 0.25) is 0 Å². The summed E-state index contributed by atoms with van der Waals surface area (Å²) in [6.07, 6.45) is 3.71. The maximum absolute atomic E-state index is 5.65. The predicted octanol–water partition coefficient (Wildman–Crippen LogP) is 0.884. The minimum Gasteiger partial charge on any atom is -0.330 e. The van der Waals surface area contributed by atoms with Crippen LogP contribution in [-0.4, -0.2) is 46.6 Å². The van der Waals surface area contributed by atoms with Crippen molar-refractivity contribution in [3.8, 4) is 0 Å². The van der Waals surface area contributed by atoms with Crippen molar-refractivity contribution in [2.75, 3.05) is 27.2 Å². The fourth-order valence-electron chi connectivity index (χ4n) is 2.11. The SMILES string of the molecule is CN(C)CCCn1c(CCN)nc2cccnc21. The molecule has 2 N–H and O–H groups in total. The van der Waals surface area contributed by atoms with Crippen LogP contribution in [0.15, 0.2) is 18.3 Å². The van der Waals surface area contributed by atoms with Gasteiger partial charge in [-0.3, -0.25) is 0 Å². The van der Waals surface area contributed by atoms with Crippen LogP contribution in [-0.2, 0) is 13.0 Å². The second-order valence-electron chi connectivity index (χ2n) is 4.72. The van der Waals surface area contributed by atoms with E-state index in [0.29, 0.717) is 6.54 Å². The van der Waals surface area contributed by atoms with Gasteiger partial charge in [0.05, 0.1) is 0 Å². The summed E-state index contributed by atoms with van der Waals surface area (Å²) in [5.41, 5.74) is 7.58. The first-order valence-corrected chi connectivity index (χ1v) is 6.37. The number of aromatic nitrogens is 3. The van der Waals surface area contributed by atoms with E-state index in [0.717, 1.165) is 42.9 Å². The van der Waals surface area contributed by atoms with Gasteiger partial charge >= 0.3 is 0 Å². The maximum atomic E-state index is 5.65. The number of rotatable bonds is 6. The lowest BCUT2D eigenvalue weighted by Gasteiger charge is -2.11.